The molecule has 0 atom stereocenters. The lowest BCUT2D eigenvalue weighted by atomic mass is 10.2. The molecule has 0 unspecified atom stereocenters. The van der Waals surface area contributed by atoms with E-state index in [1.54, 1.807) is 65.2 Å². The molecule has 0 bridgehead atoms. The molecule has 2 aromatic rings. The topological polar surface area (TPSA) is 203 Å². The van der Waals surface area contributed by atoms with Crippen LogP contribution in [0.1, 0.15) is 18.1 Å². The lowest BCUT2D eigenvalue weighted by molar-refractivity contribution is -0.132. The summed E-state index contributed by atoms with van der Waals surface area (Å²) >= 11 is 4.67. The first-order chi connectivity index (χ1) is 26.1. The van der Waals surface area contributed by atoms with Gasteiger partial charge in [0.1, 0.15) is 25.5 Å². The van der Waals surface area contributed by atoms with Crippen LogP contribution in [0.25, 0.3) is 0 Å². The Morgan fingerprint density at radius 2 is 1.16 bits per heavy atom. The van der Waals surface area contributed by atoms with Crippen molar-refractivity contribution < 1.29 is 19.2 Å². The molecule has 4 amide bonds. The first kappa shape index (κ1) is 44.7. The molecule has 1 aliphatic rings. The number of carbonyl (C=O) groups is 4. The number of aromatic amines is 2. The van der Waals surface area contributed by atoms with Crippen LogP contribution in [-0.2, 0) is 32.3 Å². The number of H-pyrrole nitrogens is 2. The second-order valence-electron chi connectivity index (χ2n) is 12.5. The van der Waals surface area contributed by atoms with E-state index >= 15 is 0 Å². The van der Waals surface area contributed by atoms with E-state index < -0.39 is 22.5 Å². The van der Waals surface area contributed by atoms with Crippen LogP contribution in [0.4, 0.5) is 0 Å². The molecule has 0 spiro atoms. The summed E-state index contributed by atoms with van der Waals surface area (Å²) in [6, 6.07) is 0. The maximum Gasteiger partial charge on any atom is 0.328 e. The molecule has 20 heteroatoms. The third kappa shape index (κ3) is 13.8. The number of nitrogens with one attached hydrogen (secondary N) is 3. The zero-order valence-electron chi connectivity index (χ0n) is 31.6. The molecule has 0 saturated heterocycles. The van der Waals surface area contributed by atoms with Crippen molar-refractivity contribution in [1.29, 1.82) is 0 Å². The van der Waals surface area contributed by atoms with Gasteiger partial charge < -0.3 is 24.9 Å². The highest BCUT2D eigenvalue weighted by Gasteiger charge is 2.22. The molecule has 300 valence electrons. The molecule has 0 radical (unpaired) electrons. The van der Waals surface area contributed by atoms with Crippen molar-refractivity contribution in [2.24, 2.45) is 0 Å². The number of aryl methyl sites for hydroxylation is 2. The highest BCUT2D eigenvalue weighted by molar-refractivity contribution is 7.99. The van der Waals surface area contributed by atoms with Crippen molar-refractivity contribution in [2.45, 2.75) is 33.9 Å². The summed E-state index contributed by atoms with van der Waals surface area (Å²) in [5.41, 5.74) is -1.27. The van der Waals surface area contributed by atoms with Gasteiger partial charge in [0.15, 0.2) is 0 Å². The van der Waals surface area contributed by atoms with Gasteiger partial charge in [-0.15, -0.1) is 0 Å². The summed E-state index contributed by atoms with van der Waals surface area (Å²) in [5.74, 6) is 2.11. The SMILES string of the molecule is C=CN(CCSCCN(CCSCCN(CCSC)C(=O)Cn1cc(C)c(=O)[nH]c1=O)C(=O)Cn1cc(C)c(=O)[nH]c1=O)C(=O)CN1C=C(C)C(=O)NC1=C. The minimum Gasteiger partial charge on any atom is -0.339 e. The molecule has 3 rings (SSSR count). The van der Waals surface area contributed by atoms with Crippen LogP contribution in [0.2, 0.25) is 0 Å². The lowest BCUT2D eigenvalue weighted by Gasteiger charge is -2.29. The Morgan fingerprint density at radius 1 is 0.709 bits per heavy atom. The van der Waals surface area contributed by atoms with Crippen molar-refractivity contribution in [2.75, 3.05) is 74.3 Å². The Morgan fingerprint density at radius 3 is 1.62 bits per heavy atom. The van der Waals surface area contributed by atoms with E-state index in [1.807, 2.05) is 6.26 Å². The molecule has 3 N–H and O–H groups in total. The van der Waals surface area contributed by atoms with E-state index in [0.29, 0.717) is 84.0 Å². The van der Waals surface area contributed by atoms with Crippen LogP contribution < -0.4 is 27.8 Å². The van der Waals surface area contributed by atoms with Gasteiger partial charge in [0, 0.05) is 96.8 Å². The van der Waals surface area contributed by atoms with Crippen molar-refractivity contribution in [3.8, 4) is 0 Å². The molecular weight excluding hydrogens is 771 g/mol. The average molecular weight is 820 g/mol. The summed E-state index contributed by atoms with van der Waals surface area (Å²) in [5, 5.41) is 2.61. The van der Waals surface area contributed by atoms with Gasteiger partial charge in [0.2, 0.25) is 17.7 Å². The molecule has 17 nitrogen and oxygen atoms in total. The Bertz CT molecular complexity index is 2000. The maximum absolute atomic E-state index is 13.5. The fraction of sp³-hybridized carbons (Fsp3) is 0.486. The second-order valence-corrected chi connectivity index (χ2v) is 15.9. The predicted octanol–water partition coefficient (Wildman–Crippen LogP) is -0.0309. The Kier molecular flexibility index (Phi) is 17.9. The molecule has 0 fully saturated rings. The molecule has 55 heavy (non-hydrogen) atoms. The molecule has 2 aromatic heterocycles. The third-order valence-corrected chi connectivity index (χ3v) is 10.9. The number of amides is 4. The third-order valence-electron chi connectivity index (χ3n) is 8.41. The van der Waals surface area contributed by atoms with Gasteiger partial charge in [-0.25, -0.2) is 9.59 Å². The summed E-state index contributed by atoms with van der Waals surface area (Å²) in [7, 11) is 0. The van der Waals surface area contributed by atoms with Crippen LogP contribution in [0.5, 0.6) is 0 Å². The smallest absolute Gasteiger partial charge is 0.328 e. The number of hydrogen-bond donors (Lipinski definition) is 3. The predicted molar refractivity (Wildman–Crippen MR) is 218 cm³/mol. The molecular formula is C35H49N9O8S3. The van der Waals surface area contributed by atoms with Crippen molar-refractivity contribution in [3.63, 3.8) is 0 Å². The molecule has 0 aliphatic carbocycles. The molecule has 3 heterocycles. The molecule has 0 saturated carbocycles. The zero-order chi connectivity index (χ0) is 40.7. The average Bonchev–Trinajstić information content (AvgIpc) is 3.13. The summed E-state index contributed by atoms with van der Waals surface area (Å²) in [6.07, 6.45) is 7.68. The Balaban J connectivity index is 1.57. The quantitative estimate of drug-likeness (QED) is 0.134. The standard InChI is InChI=1S/C35H49N9O8S3/c1-7-39(28(45)21-42-18-24(2)31(48)36-27(42)5)9-14-54-16-11-41(30(47)23-44-20-26(4)33(50)38-35(44)52)12-17-55-15-10-40(8-13-53-6)29(46)22-43-19-25(3)32(49)37-34(43)51/h7,18-20H,1,5,8-17,21-23H2,2-4,6H3,(H,36,48)(H,37,49,51)(H,38,50,52). The number of aromatic nitrogens is 4. The van der Waals surface area contributed by atoms with Gasteiger partial charge in [-0.05, 0) is 33.2 Å². The van der Waals surface area contributed by atoms with Crippen LogP contribution in [-0.4, -0.2) is 137 Å². The van der Waals surface area contributed by atoms with E-state index in [2.05, 4.69) is 28.4 Å². The maximum atomic E-state index is 13.5. The van der Waals surface area contributed by atoms with Gasteiger partial charge >= 0.3 is 11.4 Å². The van der Waals surface area contributed by atoms with Crippen molar-refractivity contribution in [1.82, 2.24) is 44.0 Å². The number of carbonyl (C=O) groups excluding carboxylic acids is 4. The molecule has 1 aliphatic heterocycles. The minimum atomic E-state index is -0.683. The van der Waals surface area contributed by atoms with Crippen molar-refractivity contribution in [3.05, 3.63) is 102 Å². The van der Waals surface area contributed by atoms with Gasteiger partial charge in [-0.2, -0.15) is 35.3 Å². The van der Waals surface area contributed by atoms with Gasteiger partial charge in [-0.1, -0.05) is 13.2 Å². The Labute approximate surface area is 331 Å². The van der Waals surface area contributed by atoms with Crippen LogP contribution in [0.15, 0.2) is 68.5 Å². The zero-order valence-corrected chi connectivity index (χ0v) is 34.0. The number of nitrogens with zero attached hydrogens (tertiary/aromatic N) is 6. The van der Waals surface area contributed by atoms with Crippen LogP contribution in [0, 0.1) is 13.8 Å². The van der Waals surface area contributed by atoms with E-state index in [1.165, 1.54) is 44.4 Å². The van der Waals surface area contributed by atoms with E-state index in [-0.39, 0.29) is 43.3 Å². The van der Waals surface area contributed by atoms with Gasteiger partial charge in [0.25, 0.3) is 17.0 Å². The minimum absolute atomic E-state index is 0.0328. The largest absolute Gasteiger partial charge is 0.339 e. The number of rotatable bonds is 22. The van der Waals surface area contributed by atoms with Gasteiger partial charge in [0.05, 0.1) is 0 Å². The normalized spacial score (nSPS) is 12.6. The summed E-state index contributed by atoms with van der Waals surface area (Å²) in [6.45, 7) is 13.8. The first-order valence-corrected chi connectivity index (χ1v) is 21.0. The van der Waals surface area contributed by atoms with E-state index in [0.717, 1.165) is 0 Å². The van der Waals surface area contributed by atoms with Crippen LogP contribution in [0.3, 0.4) is 0 Å². The fourth-order valence-electron chi connectivity index (χ4n) is 5.15. The highest BCUT2D eigenvalue weighted by atomic mass is 32.2. The van der Waals surface area contributed by atoms with Crippen molar-refractivity contribution >= 4 is 58.9 Å². The summed E-state index contributed by atoms with van der Waals surface area (Å²) in [4.78, 5) is 111. The highest BCUT2D eigenvalue weighted by Crippen LogP contribution is 2.13. The number of thioether (sulfide) groups is 3. The van der Waals surface area contributed by atoms with Crippen LogP contribution >= 0.6 is 35.3 Å². The first-order valence-electron chi connectivity index (χ1n) is 17.3. The van der Waals surface area contributed by atoms with E-state index in [9.17, 15) is 38.4 Å². The fourth-order valence-corrected chi connectivity index (χ4v) is 7.33. The van der Waals surface area contributed by atoms with E-state index in [4.69, 9.17) is 0 Å². The second kappa shape index (κ2) is 22.0. The number of hydrogen-bond acceptors (Lipinski definition) is 12. The lowest BCUT2D eigenvalue weighted by Crippen LogP contribution is -2.43. The molecule has 0 aromatic carbocycles. The summed E-state index contributed by atoms with van der Waals surface area (Å²) < 4.78 is 2.36. The Hall–Kier alpha value is -4.69. The monoisotopic (exact) mass is 819 g/mol. The van der Waals surface area contributed by atoms with Gasteiger partial charge in [-0.3, -0.25) is 47.9 Å².